The quantitative estimate of drug-likeness (QED) is 0.743. The fourth-order valence-electron chi connectivity index (χ4n) is 2.59. The number of ether oxygens (including phenoxy) is 2. The van der Waals surface area contributed by atoms with Gasteiger partial charge in [0, 0.05) is 18.7 Å². The molecule has 0 aliphatic carbocycles. The number of benzene rings is 1. The molecular formula is C17H17NO4. The molecule has 0 aromatic heterocycles. The van der Waals surface area contributed by atoms with Crippen LogP contribution in [0.3, 0.4) is 0 Å². The van der Waals surface area contributed by atoms with E-state index in [9.17, 15) is 9.59 Å². The third-order valence-electron chi connectivity index (χ3n) is 3.90. The van der Waals surface area contributed by atoms with Crippen LogP contribution in [-0.2, 0) is 19.1 Å². The average molecular weight is 299 g/mol. The van der Waals surface area contributed by atoms with Gasteiger partial charge in [-0.15, -0.1) is 0 Å². The van der Waals surface area contributed by atoms with Crippen molar-refractivity contribution in [2.45, 2.75) is 19.3 Å². The lowest BCUT2D eigenvalue weighted by Gasteiger charge is -2.41. The largest absolute Gasteiger partial charge is 0.405 e. The van der Waals surface area contributed by atoms with Gasteiger partial charge in [-0.1, -0.05) is 35.9 Å². The van der Waals surface area contributed by atoms with E-state index in [1.54, 1.807) is 11.9 Å². The topological polar surface area (TPSA) is 55.8 Å². The number of carbonyl (C=O) groups excluding carboxylic acids is 2. The lowest BCUT2D eigenvalue weighted by Crippen LogP contribution is -2.54. The first-order valence-electron chi connectivity index (χ1n) is 7.10. The summed E-state index contributed by atoms with van der Waals surface area (Å²) in [4.78, 5) is 25.2. The number of carbonyl (C=O) groups is 2. The highest BCUT2D eigenvalue weighted by atomic mass is 16.8. The van der Waals surface area contributed by atoms with E-state index in [2.05, 4.69) is 6.08 Å². The molecule has 1 aromatic rings. The Labute approximate surface area is 128 Å². The van der Waals surface area contributed by atoms with Crippen LogP contribution in [0.4, 0.5) is 0 Å². The standard InChI is InChI=1S/C17H17NO4/c1-12-3-5-13(6-4-12)14-9-10-18(2)17(11-14)21-15(19)7-8-16(20)22-17/h3-9H,10-11H2,1-2H3. The van der Waals surface area contributed by atoms with Crippen LogP contribution in [0.1, 0.15) is 17.5 Å². The van der Waals surface area contributed by atoms with Crippen LogP contribution < -0.4 is 0 Å². The third kappa shape index (κ3) is 2.67. The van der Waals surface area contributed by atoms with E-state index in [-0.39, 0.29) is 0 Å². The van der Waals surface area contributed by atoms with Crippen molar-refractivity contribution < 1.29 is 19.1 Å². The van der Waals surface area contributed by atoms with Crippen molar-refractivity contribution >= 4 is 17.5 Å². The molecule has 0 radical (unpaired) electrons. The number of hydrogen-bond donors (Lipinski definition) is 0. The summed E-state index contributed by atoms with van der Waals surface area (Å²) in [6, 6.07) is 8.07. The number of rotatable bonds is 1. The maximum atomic E-state index is 11.7. The van der Waals surface area contributed by atoms with E-state index in [0.29, 0.717) is 13.0 Å². The monoisotopic (exact) mass is 299 g/mol. The van der Waals surface area contributed by atoms with Crippen LogP contribution in [-0.4, -0.2) is 36.3 Å². The fraction of sp³-hybridized carbons (Fsp3) is 0.294. The van der Waals surface area contributed by atoms with Gasteiger partial charge in [-0.2, -0.15) is 0 Å². The summed E-state index contributed by atoms with van der Waals surface area (Å²) in [6.45, 7) is 2.54. The summed E-state index contributed by atoms with van der Waals surface area (Å²) in [5.74, 6) is -2.54. The van der Waals surface area contributed by atoms with Gasteiger partial charge in [-0.3, -0.25) is 0 Å². The smallest absolute Gasteiger partial charge is 0.335 e. The molecule has 0 amide bonds. The van der Waals surface area contributed by atoms with Gasteiger partial charge in [0.25, 0.3) is 0 Å². The van der Waals surface area contributed by atoms with Crippen molar-refractivity contribution in [1.29, 1.82) is 0 Å². The van der Waals surface area contributed by atoms with Crippen LogP contribution in [0.5, 0.6) is 0 Å². The molecule has 2 heterocycles. The van der Waals surface area contributed by atoms with E-state index < -0.39 is 17.8 Å². The van der Waals surface area contributed by atoms with Crippen molar-refractivity contribution in [3.63, 3.8) is 0 Å². The molecular weight excluding hydrogens is 282 g/mol. The molecule has 2 aliphatic heterocycles. The Balaban J connectivity index is 1.93. The third-order valence-corrected chi connectivity index (χ3v) is 3.90. The number of likely N-dealkylation sites (N-methyl/N-ethyl adjacent to an activating group) is 1. The van der Waals surface area contributed by atoms with E-state index >= 15 is 0 Å². The minimum atomic E-state index is -1.38. The van der Waals surface area contributed by atoms with Crippen molar-refractivity contribution in [2.24, 2.45) is 0 Å². The van der Waals surface area contributed by atoms with Gasteiger partial charge in [0.1, 0.15) is 0 Å². The molecule has 114 valence electrons. The van der Waals surface area contributed by atoms with Crippen molar-refractivity contribution in [2.75, 3.05) is 13.6 Å². The molecule has 0 bridgehead atoms. The highest BCUT2D eigenvalue weighted by Crippen LogP contribution is 2.36. The minimum absolute atomic E-state index is 0.297. The summed E-state index contributed by atoms with van der Waals surface area (Å²) in [7, 11) is 1.76. The Kier molecular flexibility index (Phi) is 3.58. The van der Waals surface area contributed by atoms with Crippen LogP contribution in [0.2, 0.25) is 0 Å². The Morgan fingerprint density at radius 2 is 1.64 bits per heavy atom. The Morgan fingerprint density at radius 3 is 2.23 bits per heavy atom. The number of hydrogen-bond acceptors (Lipinski definition) is 5. The summed E-state index contributed by atoms with van der Waals surface area (Å²) in [6.07, 6.45) is 4.53. The number of aryl methyl sites for hydroxylation is 1. The first-order chi connectivity index (χ1) is 10.5. The molecule has 0 atom stereocenters. The second-order valence-corrected chi connectivity index (χ2v) is 5.54. The molecule has 1 spiro atoms. The summed E-state index contributed by atoms with van der Waals surface area (Å²) >= 11 is 0. The van der Waals surface area contributed by atoms with Gasteiger partial charge in [-0.25, -0.2) is 14.5 Å². The van der Waals surface area contributed by atoms with Gasteiger partial charge in [0.2, 0.25) is 0 Å². The molecule has 5 heteroatoms. The minimum Gasteiger partial charge on any atom is -0.405 e. The first-order valence-corrected chi connectivity index (χ1v) is 7.10. The van der Waals surface area contributed by atoms with Crippen molar-refractivity contribution in [1.82, 2.24) is 4.90 Å². The predicted octanol–water partition coefficient (Wildman–Crippen LogP) is 2.02. The Morgan fingerprint density at radius 1 is 1.05 bits per heavy atom. The molecule has 0 unspecified atom stereocenters. The van der Waals surface area contributed by atoms with Crippen LogP contribution in [0, 0.1) is 6.92 Å². The zero-order valence-electron chi connectivity index (χ0n) is 12.5. The summed E-state index contributed by atoms with van der Waals surface area (Å²) < 4.78 is 10.8. The second kappa shape index (κ2) is 5.42. The van der Waals surface area contributed by atoms with Crippen molar-refractivity contribution in [3.05, 3.63) is 53.6 Å². The Bertz CT molecular complexity index is 652. The van der Waals surface area contributed by atoms with Gasteiger partial charge >= 0.3 is 17.8 Å². The van der Waals surface area contributed by atoms with E-state index in [4.69, 9.17) is 9.47 Å². The molecule has 2 aliphatic rings. The van der Waals surface area contributed by atoms with Crippen LogP contribution in [0.15, 0.2) is 42.5 Å². The van der Waals surface area contributed by atoms with Crippen LogP contribution >= 0.6 is 0 Å². The highest BCUT2D eigenvalue weighted by Gasteiger charge is 2.46. The molecule has 1 aromatic carbocycles. The number of esters is 2. The summed E-state index contributed by atoms with van der Waals surface area (Å²) in [5, 5.41) is 0. The van der Waals surface area contributed by atoms with Gasteiger partial charge in [-0.05, 0) is 25.1 Å². The Hall–Kier alpha value is -2.40. The number of nitrogens with zero attached hydrogens (tertiary/aromatic N) is 1. The van der Waals surface area contributed by atoms with Crippen molar-refractivity contribution in [3.8, 4) is 0 Å². The predicted molar refractivity (Wildman–Crippen MR) is 80.5 cm³/mol. The lowest BCUT2D eigenvalue weighted by molar-refractivity contribution is -0.274. The second-order valence-electron chi connectivity index (χ2n) is 5.54. The molecule has 0 N–H and O–H groups in total. The van der Waals surface area contributed by atoms with Gasteiger partial charge in [0.15, 0.2) is 0 Å². The molecule has 3 rings (SSSR count). The first kappa shape index (κ1) is 14.5. The molecule has 0 saturated carbocycles. The fourth-order valence-corrected chi connectivity index (χ4v) is 2.59. The zero-order chi connectivity index (χ0) is 15.7. The van der Waals surface area contributed by atoms with Gasteiger partial charge < -0.3 is 9.47 Å². The molecule has 5 nitrogen and oxygen atoms in total. The van der Waals surface area contributed by atoms with E-state index in [1.807, 2.05) is 31.2 Å². The van der Waals surface area contributed by atoms with Gasteiger partial charge in [0.05, 0.1) is 6.42 Å². The van der Waals surface area contributed by atoms with E-state index in [0.717, 1.165) is 23.3 Å². The molecule has 0 fully saturated rings. The normalized spacial score (nSPS) is 21.1. The molecule has 0 saturated heterocycles. The average Bonchev–Trinajstić information content (AvgIpc) is 2.62. The summed E-state index contributed by atoms with van der Waals surface area (Å²) in [5.41, 5.74) is 3.19. The maximum absolute atomic E-state index is 11.7. The van der Waals surface area contributed by atoms with Crippen LogP contribution in [0.25, 0.3) is 5.57 Å². The lowest BCUT2D eigenvalue weighted by atomic mass is 9.96. The van der Waals surface area contributed by atoms with E-state index in [1.165, 1.54) is 5.56 Å². The zero-order valence-corrected chi connectivity index (χ0v) is 12.5. The molecule has 22 heavy (non-hydrogen) atoms. The maximum Gasteiger partial charge on any atom is 0.335 e. The highest BCUT2D eigenvalue weighted by molar-refractivity contribution is 5.93. The SMILES string of the molecule is Cc1ccc(C2=CCN(C)C3(C2)OC(=O)C=CC(=O)O3)cc1.